The van der Waals surface area contributed by atoms with Crippen LogP contribution in [0.2, 0.25) is 0 Å². The Morgan fingerprint density at radius 3 is 2.47 bits per heavy atom. The Bertz CT molecular complexity index is 372. The van der Waals surface area contributed by atoms with Crippen LogP contribution in [0, 0.1) is 17.8 Å². The minimum absolute atomic E-state index is 0.423. The molecule has 3 unspecified atom stereocenters. The highest BCUT2D eigenvalue weighted by atomic mass is 32.1. The lowest BCUT2D eigenvalue weighted by Gasteiger charge is -2.09. The van der Waals surface area contributed by atoms with E-state index in [-0.39, 0.29) is 0 Å². The first-order valence-corrected chi connectivity index (χ1v) is 7.94. The molecule has 0 aliphatic heterocycles. The molecular formula is C15H23NS. The van der Waals surface area contributed by atoms with E-state index in [1.54, 1.807) is 0 Å². The smallest absolute Gasteiger partial charge is 0.0121 e. The predicted octanol–water partition coefficient (Wildman–Crippen LogP) is 3.62. The molecule has 1 nitrogen and oxygen atoms in total. The Kier molecular flexibility index (Phi) is 3.27. The van der Waals surface area contributed by atoms with Crippen molar-refractivity contribution in [3.8, 4) is 0 Å². The highest BCUT2D eigenvalue weighted by molar-refractivity contribution is 7.11. The second kappa shape index (κ2) is 4.74. The molecular weight excluding hydrogens is 226 g/mol. The molecule has 0 radical (unpaired) electrons. The van der Waals surface area contributed by atoms with E-state index in [0.29, 0.717) is 6.04 Å². The summed E-state index contributed by atoms with van der Waals surface area (Å²) in [6.45, 7) is 2.23. The molecule has 2 saturated carbocycles. The average Bonchev–Trinajstić information content (AvgIpc) is 2.92. The van der Waals surface area contributed by atoms with Crippen LogP contribution in [0.1, 0.15) is 42.4 Å². The first-order chi connectivity index (χ1) is 8.29. The van der Waals surface area contributed by atoms with Crippen LogP contribution in [0.3, 0.4) is 0 Å². The normalized spacial score (nSPS) is 33.2. The minimum Gasteiger partial charge on any atom is -0.327 e. The van der Waals surface area contributed by atoms with Gasteiger partial charge in [0.2, 0.25) is 0 Å². The van der Waals surface area contributed by atoms with Gasteiger partial charge in [0, 0.05) is 15.8 Å². The molecule has 94 valence electrons. The standard InChI is InChI=1S/C15H23NS/c1-2-10-7-8-11(17-10)9-14(16)15-12-5-3-4-6-13(12)15/h7-8,12-15H,2-6,9,16H2,1H3. The van der Waals surface area contributed by atoms with Crippen molar-refractivity contribution < 1.29 is 0 Å². The lowest BCUT2D eigenvalue weighted by Crippen LogP contribution is -2.26. The Morgan fingerprint density at radius 1 is 1.24 bits per heavy atom. The quantitative estimate of drug-likeness (QED) is 0.866. The Hall–Kier alpha value is -0.340. The van der Waals surface area contributed by atoms with E-state index in [9.17, 15) is 0 Å². The average molecular weight is 249 g/mol. The van der Waals surface area contributed by atoms with Crippen LogP contribution in [0.4, 0.5) is 0 Å². The molecule has 0 saturated heterocycles. The summed E-state index contributed by atoms with van der Waals surface area (Å²) in [4.78, 5) is 3.00. The third-order valence-corrected chi connectivity index (χ3v) is 5.97. The van der Waals surface area contributed by atoms with Crippen molar-refractivity contribution in [2.24, 2.45) is 23.5 Å². The summed E-state index contributed by atoms with van der Waals surface area (Å²) in [6, 6.07) is 4.98. The highest BCUT2D eigenvalue weighted by Crippen LogP contribution is 2.56. The van der Waals surface area contributed by atoms with Crippen molar-refractivity contribution >= 4 is 11.3 Å². The fourth-order valence-electron chi connectivity index (χ4n) is 3.77. The van der Waals surface area contributed by atoms with E-state index in [1.165, 1.54) is 35.4 Å². The molecule has 0 aromatic carbocycles. The van der Waals surface area contributed by atoms with Gasteiger partial charge in [0.1, 0.15) is 0 Å². The van der Waals surface area contributed by atoms with E-state index in [4.69, 9.17) is 5.73 Å². The molecule has 1 aromatic heterocycles. The van der Waals surface area contributed by atoms with Crippen molar-refractivity contribution in [1.82, 2.24) is 0 Å². The van der Waals surface area contributed by atoms with Gasteiger partial charge in [0.15, 0.2) is 0 Å². The van der Waals surface area contributed by atoms with E-state index in [1.807, 2.05) is 11.3 Å². The largest absolute Gasteiger partial charge is 0.327 e. The maximum absolute atomic E-state index is 6.43. The molecule has 17 heavy (non-hydrogen) atoms. The maximum atomic E-state index is 6.43. The summed E-state index contributed by atoms with van der Waals surface area (Å²) in [5.74, 6) is 2.83. The van der Waals surface area contributed by atoms with Crippen molar-refractivity contribution in [1.29, 1.82) is 0 Å². The lowest BCUT2D eigenvalue weighted by atomic mass is 10.0. The predicted molar refractivity (Wildman–Crippen MR) is 74.3 cm³/mol. The number of hydrogen-bond acceptors (Lipinski definition) is 2. The van der Waals surface area contributed by atoms with Gasteiger partial charge in [0.05, 0.1) is 0 Å². The van der Waals surface area contributed by atoms with Crippen LogP contribution in [0.15, 0.2) is 12.1 Å². The van der Waals surface area contributed by atoms with Crippen molar-refractivity contribution in [3.63, 3.8) is 0 Å². The van der Waals surface area contributed by atoms with Gasteiger partial charge in [-0.25, -0.2) is 0 Å². The number of thiophene rings is 1. The van der Waals surface area contributed by atoms with Gasteiger partial charge in [-0.3, -0.25) is 0 Å². The first-order valence-electron chi connectivity index (χ1n) is 7.12. The zero-order valence-electron chi connectivity index (χ0n) is 10.7. The molecule has 1 aromatic rings. The van der Waals surface area contributed by atoms with Gasteiger partial charge in [0.25, 0.3) is 0 Å². The fraction of sp³-hybridized carbons (Fsp3) is 0.733. The summed E-state index contributed by atoms with van der Waals surface area (Å²) in [5.41, 5.74) is 6.43. The van der Waals surface area contributed by atoms with Crippen LogP contribution >= 0.6 is 11.3 Å². The summed E-state index contributed by atoms with van der Waals surface area (Å²) in [6.07, 6.45) is 8.07. The van der Waals surface area contributed by atoms with Crippen molar-refractivity contribution in [2.75, 3.05) is 0 Å². The summed E-state index contributed by atoms with van der Waals surface area (Å²) in [5, 5.41) is 0. The van der Waals surface area contributed by atoms with E-state index in [2.05, 4.69) is 19.1 Å². The highest BCUT2D eigenvalue weighted by Gasteiger charge is 2.52. The zero-order chi connectivity index (χ0) is 11.8. The van der Waals surface area contributed by atoms with E-state index < -0.39 is 0 Å². The zero-order valence-corrected chi connectivity index (χ0v) is 11.5. The van der Waals surface area contributed by atoms with Crippen LogP contribution in [0.25, 0.3) is 0 Å². The van der Waals surface area contributed by atoms with Crippen LogP contribution in [-0.2, 0) is 12.8 Å². The summed E-state index contributed by atoms with van der Waals surface area (Å²) in [7, 11) is 0. The molecule has 1 heterocycles. The Labute approximate surface area is 108 Å². The molecule has 3 atom stereocenters. The number of hydrogen-bond donors (Lipinski definition) is 1. The molecule has 2 aliphatic carbocycles. The monoisotopic (exact) mass is 249 g/mol. The number of fused-ring (bicyclic) bond motifs is 1. The van der Waals surface area contributed by atoms with Crippen molar-refractivity contribution in [2.45, 2.75) is 51.5 Å². The van der Waals surface area contributed by atoms with Crippen LogP contribution in [0.5, 0.6) is 0 Å². The number of aryl methyl sites for hydroxylation is 1. The SMILES string of the molecule is CCc1ccc(CC(N)C2C3CCCCC32)s1. The molecule has 2 aliphatic rings. The van der Waals surface area contributed by atoms with Gasteiger partial charge in [-0.05, 0) is 55.6 Å². The fourth-order valence-corrected chi connectivity index (χ4v) is 4.80. The molecule has 0 spiro atoms. The molecule has 2 N–H and O–H groups in total. The summed E-state index contributed by atoms with van der Waals surface area (Å²) < 4.78 is 0. The minimum atomic E-state index is 0.423. The second-order valence-electron chi connectivity index (χ2n) is 5.78. The molecule has 3 rings (SSSR count). The topological polar surface area (TPSA) is 26.0 Å². The van der Waals surface area contributed by atoms with E-state index >= 15 is 0 Å². The number of rotatable bonds is 4. The molecule has 0 amide bonds. The van der Waals surface area contributed by atoms with Gasteiger partial charge in [-0.1, -0.05) is 19.8 Å². The lowest BCUT2D eigenvalue weighted by molar-refractivity contribution is 0.480. The Morgan fingerprint density at radius 2 is 1.88 bits per heavy atom. The number of nitrogens with two attached hydrogens (primary N) is 1. The second-order valence-corrected chi connectivity index (χ2v) is 7.03. The Balaban J connectivity index is 1.58. The van der Waals surface area contributed by atoms with E-state index in [0.717, 1.165) is 30.6 Å². The summed E-state index contributed by atoms with van der Waals surface area (Å²) >= 11 is 1.96. The van der Waals surface area contributed by atoms with Gasteiger partial charge in [-0.15, -0.1) is 11.3 Å². The molecule has 0 bridgehead atoms. The van der Waals surface area contributed by atoms with Gasteiger partial charge >= 0.3 is 0 Å². The van der Waals surface area contributed by atoms with Crippen molar-refractivity contribution in [3.05, 3.63) is 21.9 Å². The van der Waals surface area contributed by atoms with Gasteiger partial charge in [-0.2, -0.15) is 0 Å². The third-order valence-electron chi connectivity index (χ3n) is 4.72. The van der Waals surface area contributed by atoms with Crippen LogP contribution < -0.4 is 5.73 Å². The van der Waals surface area contributed by atoms with Crippen LogP contribution in [-0.4, -0.2) is 6.04 Å². The first kappa shape index (κ1) is 11.7. The maximum Gasteiger partial charge on any atom is 0.0121 e. The van der Waals surface area contributed by atoms with Gasteiger partial charge < -0.3 is 5.73 Å². The molecule has 2 fully saturated rings. The third kappa shape index (κ3) is 2.30. The molecule has 2 heteroatoms.